The summed E-state index contributed by atoms with van der Waals surface area (Å²) in [6.07, 6.45) is 15.8. The van der Waals surface area contributed by atoms with E-state index in [1.165, 1.54) is 5.57 Å². The van der Waals surface area contributed by atoms with Crippen molar-refractivity contribution < 1.29 is 8.83 Å². The molecule has 2 aromatic heterocycles. The predicted octanol–water partition coefficient (Wildman–Crippen LogP) is 6.76. The second kappa shape index (κ2) is 13.7. The highest BCUT2D eigenvalue weighted by Crippen LogP contribution is 2.20. The third-order valence-electron chi connectivity index (χ3n) is 3.75. The van der Waals surface area contributed by atoms with Crippen molar-refractivity contribution in [2.24, 2.45) is 0 Å². The lowest BCUT2D eigenvalue weighted by molar-refractivity contribution is 0.489. The van der Waals surface area contributed by atoms with Gasteiger partial charge >= 0.3 is 0 Å². The highest BCUT2D eigenvalue weighted by atomic mass is 16.4. The molecule has 0 atom stereocenters. The molecule has 2 aromatic rings. The summed E-state index contributed by atoms with van der Waals surface area (Å²) in [5, 5.41) is 15.4. The molecule has 0 unspecified atom stereocenters. The van der Waals surface area contributed by atoms with Crippen molar-refractivity contribution in [2.45, 2.75) is 55.4 Å². The molecule has 0 aromatic carbocycles. The van der Waals surface area contributed by atoms with Gasteiger partial charge in [0, 0.05) is 25.0 Å². The van der Waals surface area contributed by atoms with Gasteiger partial charge in [0.15, 0.2) is 0 Å². The third kappa shape index (κ3) is 9.24. The van der Waals surface area contributed by atoms with Crippen LogP contribution in [0.25, 0.3) is 11.1 Å². The molecule has 0 aliphatic heterocycles. The summed E-state index contributed by atoms with van der Waals surface area (Å²) >= 11 is 0. The van der Waals surface area contributed by atoms with Crippen LogP contribution in [0.15, 0.2) is 74.3 Å². The van der Waals surface area contributed by atoms with Gasteiger partial charge in [0.1, 0.15) is 0 Å². The van der Waals surface area contributed by atoms with Crippen molar-refractivity contribution in [3.8, 4) is 0 Å². The van der Waals surface area contributed by atoms with E-state index in [9.17, 15) is 0 Å². The van der Waals surface area contributed by atoms with E-state index in [0.29, 0.717) is 23.6 Å². The van der Waals surface area contributed by atoms with Crippen LogP contribution in [0, 0.1) is 13.8 Å². The predicted molar refractivity (Wildman–Crippen MR) is 126 cm³/mol. The topological polar surface area (TPSA) is 77.8 Å². The first-order valence-electron chi connectivity index (χ1n) is 10.3. The molecule has 6 nitrogen and oxygen atoms in total. The van der Waals surface area contributed by atoms with Crippen LogP contribution >= 0.6 is 0 Å². The molecule has 0 radical (unpaired) electrons. The van der Waals surface area contributed by atoms with Gasteiger partial charge in [-0.1, -0.05) is 49.8 Å². The van der Waals surface area contributed by atoms with Gasteiger partial charge in [-0.25, -0.2) is 0 Å². The van der Waals surface area contributed by atoms with E-state index in [-0.39, 0.29) is 0 Å². The zero-order valence-corrected chi connectivity index (χ0v) is 19.7. The van der Waals surface area contributed by atoms with E-state index < -0.39 is 0 Å². The van der Waals surface area contributed by atoms with Crippen molar-refractivity contribution in [2.75, 3.05) is 0 Å². The Hall–Kier alpha value is -3.50. The maximum Gasteiger partial charge on any atom is 0.248 e. The molecule has 1 aliphatic rings. The number of hydrogen-bond donors (Lipinski definition) is 0. The van der Waals surface area contributed by atoms with Crippen molar-refractivity contribution in [3.05, 3.63) is 89.0 Å². The molecule has 3 rings (SSSR count). The van der Waals surface area contributed by atoms with E-state index in [0.717, 1.165) is 16.7 Å². The van der Waals surface area contributed by atoms with Crippen LogP contribution in [-0.2, 0) is 0 Å². The summed E-state index contributed by atoms with van der Waals surface area (Å²) in [6.45, 7) is 15.5. The Bertz CT molecular complexity index is 1040. The van der Waals surface area contributed by atoms with Gasteiger partial charge in [-0.05, 0) is 51.5 Å². The second-order valence-corrected chi connectivity index (χ2v) is 6.46. The van der Waals surface area contributed by atoms with E-state index in [2.05, 4.69) is 26.1 Å². The molecular weight excluding hydrogens is 388 g/mol. The fourth-order valence-electron chi connectivity index (χ4n) is 2.26. The summed E-state index contributed by atoms with van der Waals surface area (Å²) < 4.78 is 10.6. The SMILES string of the molecule is CC.C\C=C/C(C)=C\C=C(/C)c1nnc(C2=CC=C=C(C)C=C2)o1.Cc1nnc(C)o1. The summed E-state index contributed by atoms with van der Waals surface area (Å²) in [4.78, 5) is 0. The highest BCUT2D eigenvalue weighted by molar-refractivity contribution is 5.71. The van der Waals surface area contributed by atoms with E-state index in [1.807, 2.05) is 90.2 Å². The Morgan fingerprint density at radius 2 is 1.58 bits per heavy atom. The van der Waals surface area contributed by atoms with Gasteiger partial charge in [-0.3, -0.25) is 0 Å². The number of hydrogen-bond acceptors (Lipinski definition) is 6. The number of allylic oxidation sites excluding steroid dienone is 11. The van der Waals surface area contributed by atoms with Crippen LogP contribution in [-0.4, -0.2) is 20.4 Å². The lowest BCUT2D eigenvalue weighted by atomic mass is 10.2. The van der Waals surface area contributed by atoms with Crippen LogP contribution in [0.4, 0.5) is 0 Å². The molecule has 6 heteroatoms. The van der Waals surface area contributed by atoms with E-state index >= 15 is 0 Å². The molecule has 2 heterocycles. The highest BCUT2D eigenvalue weighted by Gasteiger charge is 2.10. The average Bonchev–Trinajstić information content (AvgIpc) is 3.34. The first-order chi connectivity index (χ1) is 14.9. The number of rotatable bonds is 4. The summed E-state index contributed by atoms with van der Waals surface area (Å²) in [6, 6.07) is 0. The second-order valence-electron chi connectivity index (χ2n) is 6.46. The summed E-state index contributed by atoms with van der Waals surface area (Å²) in [5.74, 6) is 2.29. The Morgan fingerprint density at radius 1 is 0.903 bits per heavy atom. The molecule has 0 spiro atoms. The molecule has 0 bridgehead atoms. The van der Waals surface area contributed by atoms with Gasteiger partial charge in [0.05, 0.1) is 0 Å². The molecule has 1 aliphatic carbocycles. The maximum absolute atomic E-state index is 5.75. The van der Waals surface area contributed by atoms with Gasteiger partial charge in [-0.2, -0.15) is 0 Å². The molecule has 0 saturated heterocycles. The van der Waals surface area contributed by atoms with Crippen LogP contribution in [0.2, 0.25) is 0 Å². The van der Waals surface area contributed by atoms with Gasteiger partial charge in [0.2, 0.25) is 23.6 Å². The molecule has 0 N–H and O–H groups in total. The Kier molecular flexibility index (Phi) is 11.3. The Labute approximate surface area is 185 Å². The van der Waals surface area contributed by atoms with Crippen molar-refractivity contribution in [1.29, 1.82) is 0 Å². The lowest BCUT2D eigenvalue weighted by Crippen LogP contribution is -1.80. The van der Waals surface area contributed by atoms with Gasteiger partial charge < -0.3 is 8.83 Å². The van der Waals surface area contributed by atoms with Crippen LogP contribution in [0.1, 0.15) is 65.1 Å². The average molecular weight is 421 g/mol. The molecule has 31 heavy (non-hydrogen) atoms. The first kappa shape index (κ1) is 25.5. The molecule has 0 fully saturated rings. The summed E-state index contributed by atoms with van der Waals surface area (Å²) in [5.41, 5.74) is 7.18. The maximum atomic E-state index is 5.75. The third-order valence-corrected chi connectivity index (χ3v) is 3.75. The largest absolute Gasteiger partial charge is 0.426 e. The minimum Gasteiger partial charge on any atom is -0.426 e. The van der Waals surface area contributed by atoms with Crippen LogP contribution in [0.5, 0.6) is 0 Å². The van der Waals surface area contributed by atoms with Crippen LogP contribution in [0.3, 0.4) is 0 Å². The zero-order chi connectivity index (χ0) is 23.2. The van der Waals surface area contributed by atoms with E-state index in [1.54, 1.807) is 13.8 Å². The van der Waals surface area contributed by atoms with Gasteiger partial charge in [0.25, 0.3) is 0 Å². The van der Waals surface area contributed by atoms with Crippen molar-refractivity contribution >= 4 is 11.1 Å². The fraction of sp³-hybridized carbons (Fsp3) is 0.320. The molecule has 0 saturated carbocycles. The molecule has 0 amide bonds. The minimum atomic E-state index is 0.515. The quantitative estimate of drug-likeness (QED) is 0.401. The Morgan fingerprint density at radius 3 is 2.16 bits per heavy atom. The summed E-state index contributed by atoms with van der Waals surface area (Å²) in [7, 11) is 0. The van der Waals surface area contributed by atoms with Crippen molar-refractivity contribution in [3.63, 3.8) is 0 Å². The first-order valence-corrected chi connectivity index (χ1v) is 10.3. The fourth-order valence-corrected chi connectivity index (χ4v) is 2.26. The number of aromatic nitrogens is 4. The Balaban J connectivity index is 0.000000447. The van der Waals surface area contributed by atoms with Gasteiger partial charge in [-0.15, -0.1) is 26.1 Å². The zero-order valence-electron chi connectivity index (χ0n) is 19.7. The number of aryl methyl sites for hydroxylation is 2. The van der Waals surface area contributed by atoms with Crippen LogP contribution < -0.4 is 0 Å². The molecular formula is C25H32N4O2. The monoisotopic (exact) mass is 420 g/mol. The van der Waals surface area contributed by atoms with Crippen molar-refractivity contribution in [1.82, 2.24) is 20.4 Å². The lowest BCUT2D eigenvalue weighted by Gasteiger charge is -1.94. The molecule has 164 valence electrons. The van der Waals surface area contributed by atoms with E-state index in [4.69, 9.17) is 8.83 Å². The minimum absolute atomic E-state index is 0.515. The normalized spacial score (nSPS) is 13.7. The smallest absolute Gasteiger partial charge is 0.248 e. The standard InChI is InChI=1S/C19H20N2O.C4H6N2O.C2H6/c1-5-7-14(2)10-12-16(4)18-20-21-19(22-18)17-9-6-8-15(3)11-13-17;1-3-5-6-4(2)7-3;1-2/h5-7,9-13H,1-4H3;1-2H3;1-2H3/b7-5-,14-10-,16-12+;;. The number of nitrogens with zero attached hydrogens (tertiary/aromatic N) is 4.